The predicted molar refractivity (Wildman–Crippen MR) is 355 cm³/mol. The van der Waals surface area contributed by atoms with E-state index in [1.807, 2.05) is 13.8 Å². The van der Waals surface area contributed by atoms with Gasteiger partial charge in [0, 0.05) is 56.8 Å². The first-order chi connectivity index (χ1) is 46.2. The quantitative estimate of drug-likeness (QED) is 0.00782. The molecule has 2 unspecified atom stereocenters. The smallest absolute Gasteiger partial charge is 0.328 e. The van der Waals surface area contributed by atoms with Crippen molar-refractivity contribution in [3.8, 4) is 11.5 Å². The molecule has 1 fully saturated rings. The highest BCUT2D eigenvalue weighted by Gasteiger charge is 2.38. The summed E-state index contributed by atoms with van der Waals surface area (Å²) in [6.45, 7) is 11.3. The van der Waals surface area contributed by atoms with Gasteiger partial charge in [0.15, 0.2) is 11.8 Å². The lowest BCUT2D eigenvalue weighted by Crippen LogP contribution is -2.52. The number of anilines is 2. The van der Waals surface area contributed by atoms with Crippen molar-refractivity contribution in [1.82, 2.24) is 49.9 Å². The van der Waals surface area contributed by atoms with Crippen LogP contribution in [0.2, 0.25) is 0 Å². The van der Waals surface area contributed by atoms with Crippen molar-refractivity contribution in [3.63, 3.8) is 0 Å². The Balaban J connectivity index is 1.10. The van der Waals surface area contributed by atoms with Crippen LogP contribution in [0.5, 0.6) is 11.5 Å². The van der Waals surface area contributed by atoms with Crippen molar-refractivity contribution in [2.24, 2.45) is 23.3 Å². The van der Waals surface area contributed by atoms with E-state index in [1.165, 1.54) is 44.7 Å². The highest BCUT2D eigenvalue weighted by atomic mass is 32.1. The molecule has 0 radical (unpaired) electrons. The van der Waals surface area contributed by atoms with Crippen molar-refractivity contribution in [2.75, 3.05) is 44.0 Å². The van der Waals surface area contributed by atoms with Crippen molar-refractivity contribution < 1.29 is 80.9 Å². The minimum absolute atomic E-state index is 0.00613. The maximum absolute atomic E-state index is 14.5. The fourth-order valence-electron chi connectivity index (χ4n) is 10.8. The first kappa shape index (κ1) is 74.3. The average molecular weight is 1370 g/mol. The predicted octanol–water partition coefficient (Wildman–Crippen LogP) is 5.28. The zero-order chi connectivity index (χ0) is 70.8. The number of aryl methyl sites for hydroxylation is 4. The summed E-state index contributed by atoms with van der Waals surface area (Å²) in [5.74, 6) is -7.07. The summed E-state index contributed by atoms with van der Waals surface area (Å²) >= 11 is 4.02. The van der Waals surface area contributed by atoms with E-state index >= 15 is 0 Å². The SMILES string of the molecule is CCc1nc(C)oc1C(=O)Nc1nc2cc(C(N)=O)cc(OC)c2n1C/C=C/Cn1c(NC(=O)c2oc(CCC(CC)CCCCC(C)C)nc2CC)nc2cc(C(N)=O)cc(OCCCOC(=O)[C@H](C)NC(=O)CNC(=O)[C@H](CCC(=O)O)NC(=O)CN3C(=O)CC(S)C3=O)c21. The number of esters is 1. The Hall–Kier alpha value is -10.1. The van der Waals surface area contributed by atoms with Gasteiger partial charge in [0.1, 0.15) is 41.2 Å². The molecule has 10 N–H and O–H groups in total. The zero-order valence-corrected chi connectivity index (χ0v) is 56.4. The zero-order valence-electron chi connectivity index (χ0n) is 55.5. The Morgan fingerprint density at radius 2 is 1.33 bits per heavy atom. The molecule has 1 aliphatic rings. The molecule has 31 nitrogen and oxygen atoms in total. The molecule has 0 aliphatic carbocycles. The number of aromatic nitrogens is 6. The van der Waals surface area contributed by atoms with Crippen molar-refractivity contribution in [2.45, 2.75) is 162 Å². The van der Waals surface area contributed by atoms with Gasteiger partial charge >= 0.3 is 11.9 Å². The lowest BCUT2D eigenvalue weighted by molar-refractivity contribution is -0.147. The van der Waals surface area contributed by atoms with Crippen LogP contribution in [-0.4, -0.2) is 155 Å². The van der Waals surface area contributed by atoms with Gasteiger partial charge in [-0.1, -0.05) is 78.9 Å². The second kappa shape index (κ2) is 34.5. The number of benzene rings is 2. The molecule has 1 saturated heterocycles. The third-order valence-electron chi connectivity index (χ3n) is 16.0. The minimum atomic E-state index is -1.48. The fraction of sp³-hybridized carbons (Fsp3) is 0.492. The summed E-state index contributed by atoms with van der Waals surface area (Å²) in [4.78, 5) is 161. The molecule has 97 heavy (non-hydrogen) atoms. The number of nitrogens with one attached hydrogen (secondary N) is 5. The number of methoxy groups -OCH3 is 1. The number of fused-ring (bicyclic) bond motifs is 2. The van der Waals surface area contributed by atoms with E-state index in [0.29, 0.717) is 58.8 Å². The van der Waals surface area contributed by atoms with Gasteiger partial charge in [-0.25, -0.2) is 24.7 Å². The van der Waals surface area contributed by atoms with Crippen LogP contribution in [0.4, 0.5) is 11.9 Å². The third kappa shape index (κ3) is 19.7. The number of nitrogens with two attached hydrogens (primary N) is 2. The molecular formula is C65H84N14O17S. The molecule has 0 bridgehead atoms. The number of primary amides is 2. The number of carboxylic acid groups (broad SMARTS) is 1. The van der Waals surface area contributed by atoms with E-state index in [1.54, 1.807) is 28.2 Å². The molecule has 0 spiro atoms. The van der Waals surface area contributed by atoms with E-state index in [4.69, 9.17) is 44.5 Å². The fourth-order valence-corrected chi connectivity index (χ4v) is 11.1. The molecule has 4 atom stereocenters. The van der Waals surface area contributed by atoms with Crippen LogP contribution in [0.1, 0.15) is 171 Å². The Kier molecular flexibility index (Phi) is 26.4. The van der Waals surface area contributed by atoms with Gasteiger partial charge in [-0.3, -0.25) is 63.5 Å². The molecule has 32 heteroatoms. The second-order valence-electron chi connectivity index (χ2n) is 23.6. The van der Waals surface area contributed by atoms with Gasteiger partial charge in [0.2, 0.25) is 64.8 Å². The third-order valence-corrected chi connectivity index (χ3v) is 16.4. The number of nitrogens with zero attached hydrogens (tertiary/aromatic N) is 7. The topological polar surface area (TPSA) is 439 Å². The number of carboxylic acids is 1. The number of hydrogen-bond acceptors (Lipinski definition) is 21. The highest BCUT2D eigenvalue weighted by Crippen LogP contribution is 2.34. The number of imidazole rings is 2. The number of allylic oxidation sites excluding steroid dienone is 2. The molecule has 7 rings (SSSR count). The number of oxazole rings is 2. The lowest BCUT2D eigenvalue weighted by Gasteiger charge is -2.20. The van der Waals surface area contributed by atoms with Gasteiger partial charge < -0.3 is 64.7 Å². The van der Waals surface area contributed by atoms with E-state index in [9.17, 15) is 57.8 Å². The molecule has 1 aliphatic heterocycles. The largest absolute Gasteiger partial charge is 0.494 e. The van der Waals surface area contributed by atoms with Crippen LogP contribution in [0, 0.1) is 18.8 Å². The summed E-state index contributed by atoms with van der Waals surface area (Å²) < 4.78 is 32.6. The number of likely N-dealkylation sites (tertiary alicyclic amines) is 1. The molecular weight excluding hydrogens is 1280 g/mol. The van der Waals surface area contributed by atoms with Crippen LogP contribution in [-0.2, 0) is 70.7 Å². The maximum Gasteiger partial charge on any atom is 0.328 e. The van der Waals surface area contributed by atoms with Crippen molar-refractivity contribution in [1.29, 1.82) is 0 Å². The highest BCUT2D eigenvalue weighted by molar-refractivity contribution is 7.81. The van der Waals surface area contributed by atoms with Crippen LogP contribution in [0.3, 0.4) is 0 Å². The minimum Gasteiger partial charge on any atom is -0.494 e. The van der Waals surface area contributed by atoms with Crippen LogP contribution < -0.4 is 47.5 Å². The first-order valence-corrected chi connectivity index (χ1v) is 32.6. The lowest BCUT2D eigenvalue weighted by atomic mass is 9.93. The van der Waals surface area contributed by atoms with Gasteiger partial charge in [0.25, 0.3) is 11.8 Å². The van der Waals surface area contributed by atoms with Gasteiger partial charge in [-0.05, 0) is 68.7 Å². The monoisotopic (exact) mass is 1360 g/mol. The standard InChI is InChI=1S/C65H84N14O17S/c1-9-37(18-13-12-17-34(4)5)19-21-50-72-41(11-3)56(96-50)61(89)76-65-74-44-28-39(58(67)86)30-46(93-25-16-26-94-63(91)35(6)69-48(80)32-68-59(87)42(20-22-52(83)84)71-49(81)33-79-51(82)31-47(97)62(79)90)54(44)78(65)24-15-14-23-77-53-43(27-38(57(66)85)29-45(53)92-8)73-64(77)75-60(88)55-40(10-2)70-36(7)95-55/h14-15,27-30,34-35,37,42,47,97H,9-13,16-26,31-33H2,1-8H3,(H2,66,85)(H2,67,86)(H,68,87)(H,69,80)(H,71,81)(H,83,84)(H,73,75,88)(H,74,76,89)/b15-14+/t35-,37?,42-,47?/m0/s1. The number of ether oxygens (including phenoxy) is 3. The summed E-state index contributed by atoms with van der Waals surface area (Å²) in [6.07, 6.45) is 9.93. The van der Waals surface area contributed by atoms with Gasteiger partial charge in [-0.15, -0.1) is 0 Å². The van der Waals surface area contributed by atoms with Gasteiger partial charge in [0.05, 0.1) is 54.5 Å². The number of unbranched alkanes of at least 4 members (excludes halogenated alkanes) is 1. The number of hydrogen-bond donors (Lipinski definition) is 9. The number of imide groups is 1. The van der Waals surface area contributed by atoms with Crippen LogP contribution in [0.15, 0.2) is 45.3 Å². The van der Waals surface area contributed by atoms with E-state index < -0.39 is 108 Å². The van der Waals surface area contributed by atoms with Crippen molar-refractivity contribution >= 4 is 112 Å². The molecule has 5 heterocycles. The maximum atomic E-state index is 14.5. The Bertz CT molecular complexity index is 3960. The number of carbonyl (C=O) groups excluding carboxylic acids is 10. The first-order valence-electron chi connectivity index (χ1n) is 32.1. The van der Waals surface area contributed by atoms with Crippen LogP contribution in [0.25, 0.3) is 22.1 Å². The second-order valence-corrected chi connectivity index (χ2v) is 24.3. The van der Waals surface area contributed by atoms with E-state index in [2.05, 4.69) is 70.0 Å². The Morgan fingerprint density at radius 1 is 0.742 bits per heavy atom. The summed E-state index contributed by atoms with van der Waals surface area (Å²) in [5.41, 5.74) is 13.6. The van der Waals surface area contributed by atoms with E-state index in [0.717, 1.165) is 32.1 Å². The number of amides is 9. The molecule has 6 aromatic rings. The normalized spacial score (nSPS) is 14.0. The summed E-state index contributed by atoms with van der Waals surface area (Å²) in [7, 11) is 1.40. The Labute approximate surface area is 563 Å². The molecule has 2 aromatic carbocycles. The van der Waals surface area contributed by atoms with Gasteiger partial charge in [-0.2, -0.15) is 12.6 Å². The average Bonchev–Trinajstić information content (AvgIpc) is 1.63. The number of aliphatic carboxylic acids is 1. The number of rotatable bonds is 38. The molecule has 522 valence electrons. The molecule has 4 aromatic heterocycles. The molecule has 9 amide bonds. The summed E-state index contributed by atoms with van der Waals surface area (Å²) in [5, 5.41) is 21.0. The molecule has 0 saturated carbocycles. The number of carbonyl (C=O) groups is 11. The number of thiol groups is 1. The summed E-state index contributed by atoms with van der Waals surface area (Å²) in [6, 6.07) is 3.00. The van der Waals surface area contributed by atoms with Crippen LogP contribution >= 0.6 is 12.6 Å². The van der Waals surface area contributed by atoms with E-state index in [-0.39, 0.29) is 108 Å². The Morgan fingerprint density at radius 3 is 1.89 bits per heavy atom. The van der Waals surface area contributed by atoms with Crippen molar-refractivity contribution in [3.05, 3.63) is 82.2 Å².